The van der Waals surface area contributed by atoms with Crippen LogP contribution in [0.5, 0.6) is 5.75 Å². The number of nitrogen functional groups attached to an aromatic ring is 1. The molecule has 4 heteroatoms. The van der Waals surface area contributed by atoms with Crippen molar-refractivity contribution in [3.63, 3.8) is 0 Å². The highest BCUT2D eigenvalue weighted by atomic mass is 16.5. The molecule has 2 aromatic rings. The molecule has 4 nitrogen and oxygen atoms in total. The third-order valence-electron chi connectivity index (χ3n) is 2.92. The second-order valence-corrected chi connectivity index (χ2v) is 5.11. The van der Waals surface area contributed by atoms with Gasteiger partial charge in [0.05, 0.1) is 6.10 Å². The summed E-state index contributed by atoms with van der Waals surface area (Å²) in [7, 11) is 0. The molecule has 0 radical (unpaired) electrons. The molecule has 0 aliphatic rings. The molecule has 0 spiro atoms. The number of ether oxygens (including phenoxy) is 1. The van der Waals surface area contributed by atoms with Gasteiger partial charge >= 0.3 is 0 Å². The van der Waals surface area contributed by atoms with Crippen molar-refractivity contribution in [3.05, 3.63) is 47.8 Å². The first kappa shape index (κ1) is 14.2. The normalized spacial score (nSPS) is 10.6. The summed E-state index contributed by atoms with van der Waals surface area (Å²) in [5, 5.41) is 3.37. The van der Waals surface area contributed by atoms with E-state index in [4.69, 9.17) is 10.5 Å². The lowest BCUT2D eigenvalue weighted by Gasteiger charge is -2.14. The summed E-state index contributed by atoms with van der Waals surface area (Å²) in [6.45, 7) is 6.78. The van der Waals surface area contributed by atoms with Crippen molar-refractivity contribution in [3.8, 4) is 5.75 Å². The molecule has 20 heavy (non-hydrogen) atoms. The summed E-state index contributed by atoms with van der Waals surface area (Å²) in [6, 6.07) is 7.72. The van der Waals surface area contributed by atoms with E-state index < -0.39 is 0 Å². The molecule has 0 bridgehead atoms. The SMILES string of the molecule is Cc1cnccc1CNc1cc(N)cc(OC(C)C)c1. The van der Waals surface area contributed by atoms with Gasteiger partial charge in [-0.1, -0.05) is 0 Å². The fraction of sp³-hybridized carbons (Fsp3) is 0.312. The second kappa shape index (κ2) is 6.28. The van der Waals surface area contributed by atoms with Crippen LogP contribution in [0.15, 0.2) is 36.7 Å². The van der Waals surface area contributed by atoms with Gasteiger partial charge in [0, 0.05) is 42.4 Å². The van der Waals surface area contributed by atoms with Crippen molar-refractivity contribution < 1.29 is 4.74 Å². The molecule has 0 amide bonds. The van der Waals surface area contributed by atoms with Gasteiger partial charge in [0.15, 0.2) is 0 Å². The number of aryl methyl sites for hydroxylation is 1. The van der Waals surface area contributed by atoms with Gasteiger partial charge in [-0.2, -0.15) is 0 Å². The van der Waals surface area contributed by atoms with Crippen LogP contribution < -0.4 is 15.8 Å². The Balaban J connectivity index is 2.09. The second-order valence-electron chi connectivity index (χ2n) is 5.11. The van der Waals surface area contributed by atoms with Crippen molar-refractivity contribution in [1.82, 2.24) is 4.98 Å². The molecule has 0 saturated heterocycles. The summed E-state index contributed by atoms with van der Waals surface area (Å²) in [5.41, 5.74) is 9.94. The summed E-state index contributed by atoms with van der Waals surface area (Å²) in [6.07, 6.45) is 3.80. The van der Waals surface area contributed by atoms with Crippen LogP contribution in [0, 0.1) is 6.92 Å². The topological polar surface area (TPSA) is 60.2 Å². The van der Waals surface area contributed by atoms with Gasteiger partial charge in [0.2, 0.25) is 0 Å². The van der Waals surface area contributed by atoms with Crippen molar-refractivity contribution in [2.75, 3.05) is 11.1 Å². The van der Waals surface area contributed by atoms with Crippen LogP contribution in [0.25, 0.3) is 0 Å². The Bertz CT molecular complexity index is 582. The quantitative estimate of drug-likeness (QED) is 0.818. The third kappa shape index (κ3) is 3.88. The zero-order valence-corrected chi connectivity index (χ0v) is 12.2. The van der Waals surface area contributed by atoms with Crippen LogP contribution in [0.3, 0.4) is 0 Å². The minimum Gasteiger partial charge on any atom is -0.491 e. The predicted molar refractivity (Wildman–Crippen MR) is 82.9 cm³/mol. The van der Waals surface area contributed by atoms with E-state index in [9.17, 15) is 0 Å². The van der Waals surface area contributed by atoms with Gasteiger partial charge in [-0.3, -0.25) is 4.98 Å². The van der Waals surface area contributed by atoms with Crippen LogP contribution in [0.1, 0.15) is 25.0 Å². The third-order valence-corrected chi connectivity index (χ3v) is 2.92. The zero-order chi connectivity index (χ0) is 14.5. The Morgan fingerprint density at radius 2 is 2.10 bits per heavy atom. The number of benzene rings is 1. The molecular formula is C16H21N3O. The number of nitrogens with zero attached hydrogens (tertiary/aromatic N) is 1. The Labute approximate surface area is 120 Å². The summed E-state index contributed by atoms with van der Waals surface area (Å²) >= 11 is 0. The average Bonchev–Trinajstić information content (AvgIpc) is 2.36. The van der Waals surface area contributed by atoms with Gasteiger partial charge in [-0.25, -0.2) is 0 Å². The van der Waals surface area contributed by atoms with Gasteiger partial charge in [0.25, 0.3) is 0 Å². The predicted octanol–water partition coefficient (Wildman–Crippen LogP) is 3.37. The van der Waals surface area contributed by atoms with Crippen LogP contribution in [0.2, 0.25) is 0 Å². The summed E-state index contributed by atoms with van der Waals surface area (Å²) < 4.78 is 5.68. The minimum atomic E-state index is 0.132. The number of nitrogens with one attached hydrogen (secondary N) is 1. The number of anilines is 2. The number of rotatable bonds is 5. The van der Waals surface area contributed by atoms with E-state index in [2.05, 4.69) is 17.2 Å². The Hall–Kier alpha value is -2.23. The van der Waals surface area contributed by atoms with E-state index in [1.165, 1.54) is 11.1 Å². The van der Waals surface area contributed by atoms with Crippen molar-refractivity contribution in [1.29, 1.82) is 0 Å². The maximum atomic E-state index is 5.90. The first-order valence-corrected chi connectivity index (χ1v) is 6.75. The number of nitrogens with two attached hydrogens (primary N) is 1. The van der Waals surface area contributed by atoms with E-state index >= 15 is 0 Å². The lowest BCUT2D eigenvalue weighted by Crippen LogP contribution is -2.07. The molecule has 0 unspecified atom stereocenters. The number of pyridine rings is 1. The molecule has 0 fully saturated rings. The van der Waals surface area contributed by atoms with E-state index in [-0.39, 0.29) is 6.10 Å². The largest absolute Gasteiger partial charge is 0.491 e. The molecule has 1 aromatic heterocycles. The molecule has 0 saturated carbocycles. The van der Waals surface area contributed by atoms with Crippen LogP contribution in [-0.4, -0.2) is 11.1 Å². The lowest BCUT2D eigenvalue weighted by molar-refractivity contribution is 0.242. The summed E-state index contributed by atoms with van der Waals surface area (Å²) in [5.74, 6) is 0.786. The van der Waals surface area contributed by atoms with Gasteiger partial charge < -0.3 is 15.8 Å². The number of aromatic nitrogens is 1. The minimum absolute atomic E-state index is 0.132. The number of hydrogen-bond acceptors (Lipinski definition) is 4. The molecule has 1 aromatic carbocycles. The summed E-state index contributed by atoms with van der Waals surface area (Å²) in [4.78, 5) is 4.09. The van der Waals surface area contributed by atoms with E-state index in [0.29, 0.717) is 5.69 Å². The highest BCUT2D eigenvalue weighted by Crippen LogP contribution is 2.24. The van der Waals surface area contributed by atoms with Crippen molar-refractivity contribution >= 4 is 11.4 Å². The Morgan fingerprint density at radius 1 is 1.30 bits per heavy atom. The Kier molecular flexibility index (Phi) is 4.45. The first-order valence-electron chi connectivity index (χ1n) is 6.75. The van der Waals surface area contributed by atoms with Gasteiger partial charge in [-0.15, -0.1) is 0 Å². The molecule has 1 heterocycles. The maximum Gasteiger partial charge on any atom is 0.123 e. The van der Waals surface area contributed by atoms with Crippen molar-refractivity contribution in [2.45, 2.75) is 33.4 Å². The molecule has 2 rings (SSSR count). The molecular weight excluding hydrogens is 250 g/mol. The molecule has 0 aliphatic heterocycles. The lowest BCUT2D eigenvalue weighted by atomic mass is 10.1. The smallest absolute Gasteiger partial charge is 0.123 e. The van der Waals surface area contributed by atoms with E-state index in [1.807, 2.05) is 44.3 Å². The fourth-order valence-electron chi connectivity index (χ4n) is 1.96. The van der Waals surface area contributed by atoms with Gasteiger partial charge in [-0.05, 0) is 44.0 Å². The highest BCUT2D eigenvalue weighted by Gasteiger charge is 2.03. The zero-order valence-electron chi connectivity index (χ0n) is 12.2. The Morgan fingerprint density at radius 3 is 2.80 bits per heavy atom. The van der Waals surface area contributed by atoms with Gasteiger partial charge in [0.1, 0.15) is 5.75 Å². The first-order chi connectivity index (χ1) is 9.54. The standard InChI is InChI=1S/C16H21N3O/c1-11(2)20-16-7-14(17)6-15(8-16)19-10-13-4-5-18-9-12(13)3/h4-9,11,19H,10,17H2,1-3H3. The van der Waals surface area contributed by atoms with Crippen LogP contribution in [0.4, 0.5) is 11.4 Å². The monoisotopic (exact) mass is 271 g/mol. The molecule has 0 atom stereocenters. The molecule has 0 aliphatic carbocycles. The maximum absolute atomic E-state index is 5.90. The highest BCUT2D eigenvalue weighted by molar-refractivity contribution is 5.59. The van der Waals surface area contributed by atoms with Crippen LogP contribution in [-0.2, 0) is 6.54 Å². The van der Waals surface area contributed by atoms with E-state index in [1.54, 1.807) is 6.20 Å². The molecule has 3 N–H and O–H groups in total. The average molecular weight is 271 g/mol. The van der Waals surface area contributed by atoms with Crippen molar-refractivity contribution in [2.24, 2.45) is 0 Å². The number of hydrogen-bond donors (Lipinski definition) is 2. The fourth-order valence-corrected chi connectivity index (χ4v) is 1.96. The van der Waals surface area contributed by atoms with E-state index in [0.717, 1.165) is 18.0 Å². The van der Waals surface area contributed by atoms with Crippen LogP contribution >= 0.6 is 0 Å². The molecule has 106 valence electrons.